The van der Waals surface area contributed by atoms with Crippen LogP contribution in [0.5, 0.6) is 0 Å². The highest BCUT2D eigenvalue weighted by molar-refractivity contribution is 6.30. The minimum atomic E-state index is 0.568. The summed E-state index contributed by atoms with van der Waals surface area (Å²) >= 11 is 5.99. The molecule has 0 saturated heterocycles. The average Bonchev–Trinajstić information content (AvgIpc) is 3.02. The van der Waals surface area contributed by atoms with Crippen LogP contribution in [-0.2, 0) is 13.0 Å². The van der Waals surface area contributed by atoms with Gasteiger partial charge in [-0.1, -0.05) is 59.2 Å². The van der Waals surface area contributed by atoms with E-state index in [1.807, 2.05) is 37.4 Å². The molecule has 0 saturated carbocycles. The first-order valence-electron chi connectivity index (χ1n) is 7.52. The first kappa shape index (κ1) is 15.7. The summed E-state index contributed by atoms with van der Waals surface area (Å²) in [6, 6.07) is 17.9. The molecule has 0 N–H and O–H groups in total. The monoisotopic (exact) mass is 327 g/mol. The van der Waals surface area contributed by atoms with Gasteiger partial charge in [0.25, 0.3) is 0 Å². The number of hydrogen-bond donors (Lipinski definition) is 0. The van der Waals surface area contributed by atoms with Crippen LogP contribution in [0.2, 0.25) is 5.02 Å². The quantitative estimate of drug-likeness (QED) is 0.684. The lowest BCUT2D eigenvalue weighted by atomic mass is 10.1. The molecular weight excluding hydrogens is 310 g/mol. The van der Waals surface area contributed by atoms with Gasteiger partial charge in [0, 0.05) is 17.1 Å². The predicted molar refractivity (Wildman–Crippen MR) is 91.2 cm³/mol. The molecule has 3 aromatic rings. The average molecular weight is 328 g/mol. The predicted octanol–water partition coefficient (Wildman–Crippen LogP) is 4.06. The molecule has 1 aromatic heterocycles. The molecular formula is C18H18ClN3O. The fraction of sp³-hybridized carbons (Fsp3) is 0.222. The fourth-order valence-corrected chi connectivity index (χ4v) is 2.53. The van der Waals surface area contributed by atoms with Crippen molar-refractivity contribution in [2.75, 3.05) is 13.6 Å². The molecule has 0 amide bonds. The van der Waals surface area contributed by atoms with E-state index in [0.717, 1.165) is 18.5 Å². The molecule has 0 atom stereocenters. The van der Waals surface area contributed by atoms with Gasteiger partial charge in [0.15, 0.2) is 0 Å². The Hall–Kier alpha value is -2.17. The number of likely N-dealkylation sites (N-methyl/N-ethyl adjacent to an activating group) is 1. The molecule has 5 heteroatoms. The van der Waals surface area contributed by atoms with Gasteiger partial charge in [0.05, 0.1) is 6.54 Å². The van der Waals surface area contributed by atoms with Crippen LogP contribution >= 0.6 is 11.6 Å². The standard InChI is InChI=1S/C18H18ClN3O/c1-22(11-10-14-6-3-2-4-7-14)13-17-20-18(21-23-17)15-8-5-9-16(19)12-15/h2-9,12H,10-11,13H2,1H3. The highest BCUT2D eigenvalue weighted by Crippen LogP contribution is 2.20. The maximum atomic E-state index is 5.99. The van der Waals surface area contributed by atoms with E-state index in [1.165, 1.54) is 5.56 Å². The number of halogens is 1. The largest absolute Gasteiger partial charge is 0.338 e. The SMILES string of the molecule is CN(CCc1ccccc1)Cc1nc(-c2cccc(Cl)c2)no1. The van der Waals surface area contributed by atoms with Gasteiger partial charge in [0.2, 0.25) is 11.7 Å². The number of benzene rings is 2. The van der Waals surface area contributed by atoms with Crippen LogP contribution in [-0.4, -0.2) is 28.6 Å². The van der Waals surface area contributed by atoms with Gasteiger partial charge in [0.1, 0.15) is 0 Å². The Kier molecular flexibility index (Phi) is 5.05. The second-order valence-corrected chi connectivity index (χ2v) is 5.93. The lowest BCUT2D eigenvalue weighted by molar-refractivity contribution is 0.269. The minimum absolute atomic E-state index is 0.568. The van der Waals surface area contributed by atoms with Crippen LogP contribution in [0.1, 0.15) is 11.5 Å². The molecule has 0 aliphatic rings. The zero-order valence-corrected chi connectivity index (χ0v) is 13.7. The van der Waals surface area contributed by atoms with Crippen molar-refractivity contribution in [1.82, 2.24) is 15.0 Å². The van der Waals surface area contributed by atoms with E-state index in [2.05, 4.69) is 39.3 Å². The Bertz CT molecular complexity index is 758. The lowest BCUT2D eigenvalue weighted by Gasteiger charge is -2.13. The molecule has 23 heavy (non-hydrogen) atoms. The zero-order valence-electron chi connectivity index (χ0n) is 12.9. The summed E-state index contributed by atoms with van der Waals surface area (Å²) in [6.07, 6.45) is 0.993. The molecule has 0 aliphatic heterocycles. The summed E-state index contributed by atoms with van der Waals surface area (Å²) in [6.45, 7) is 1.55. The van der Waals surface area contributed by atoms with E-state index in [9.17, 15) is 0 Å². The first-order valence-corrected chi connectivity index (χ1v) is 7.89. The van der Waals surface area contributed by atoms with Gasteiger partial charge in [-0.25, -0.2) is 0 Å². The van der Waals surface area contributed by atoms with Gasteiger partial charge in [-0.2, -0.15) is 4.98 Å². The summed E-state index contributed by atoms with van der Waals surface area (Å²) in [5.74, 6) is 1.18. The van der Waals surface area contributed by atoms with Crippen LogP contribution in [0, 0.1) is 0 Å². The van der Waals surface area contributed by atoms with Crippen molar-refractivity contribution < 1.29 is 4.52 Å². The molecule has 0 aliphatic carbocycles. The highest BCUT2D eigenvalue weighted by atomic mass is 35.5. The summed E-state index contributed by atoms with van der Waals surface area (Å²) in [5.41, 5.74) is 2.18. The number of rotatable bonds is 6. The van der Waals surface area contributed by atoms with Crippen LogP contribution < -0.4 is 0 Å². The fourth-order valence-electron chi connectivity index (χ4n) is 2.34. The molecule has 2 aromatic carbocycles. The summed E-state index contributed by atoms with van der Waals surface area (Å²) in [4.78, 5) is 6.61. The minimum Gasteiger partial charge on any atom is -0.338 e. The molecule has 4 nitrogen and oxygen atoms in total. The Balaban J connectivity index is 1.58. The summed E-state index contributed by atoms with van der Waals surface area (Å²) in [5, 5.41) is 4.69. The van der Waals surface area contributed by atoms with Crippen LogP contribution in [0.25, 0.3) is 11.4 Å². The Morgan fingerprint density at radius 1 is 1.09 bits per heavy atom. The molecule has 0 unspecified atom stereocenters. The maximum Gasteiger partial charge on any atom is 0.241 e. The summed E-state index contributed by atoms with van der Waals surface area (Å²) < 4.78 is 5.34. The molecule has 0 radical (unpaired) electrons. The van der Waals surface area contributed by atoms with E-state index < -0.39 is 0 Å². The number of nitrogens with zero attached hydrogens (tertiary/aromatic N) is 3. The number of hydrogen-bond acceptors (Lipinski definition) is 4. The van der Waals surface area contributed by atoms with Gasteiger partial charge < -0.3 is 4.52 Å². The summed E-state index contributed by atoms with van der Waals surface area (Å²) in [7, 11) is 2.05. The molecule has 1 heterocycles. The van der Waals surface area contributed by atoms with Gasteiger partial charge in [-0.3, -0.25) is 4.90 Å². The normalized spacial score (nSPS) is 11.1. The van der Waals surface area contributed by atoms with E-state index in [-0.39, 0.29) is 0 Å². The van der Waals surface area contributed by atoms with Crippen molar-refractivity contribution in [3.8, 4) is 11.4 Å². The van der Waals surface area contributed by atoms with Crippen molar-refractivity contribution in [3.05, 3.63) is 71.1 Å². The molecule has 0 bridgehead atoms. The van der Waals surface area contributed by atoms with Crippen molar-refractivity contribution in [3.63, 3.8) is 0 Å². The van der Waals surface area contributed by atoms with Crippen molar-refractivity contribution in [1.29, 1.82) is 0 Å². The first-order chi connectivity index (χ1) is 11.2. The van der Waals surface area contributed by atoms with Crippen LogP contribution in [0.15, 0.2) is 59.1 Å². The Morgan fingerprint density at radius 3 is 2.70 bits per heavy atom. The molecule has 118 valence electrons. The molecule has 0 spiro atoms. The van der Waals surface area contributed by atoms with Crippen molar-refractivity contribution in [2.45, 2.75) is 13.0 Å². The molecule has 0 fully saturated rings. The van der Waals surface area contributed by atoms with Crippen LogP contribution in [0.3, 0.4) is 0 Å². The topological polar surface area (TPSA) is 42.2 Å². The third-order valence-corrected chi connectivity index (χ3v) is 3.82. The Labute approximate surface area is 140 Å². The Morgan fingerprint density at radius 2 is 1.91 bits per heavy atom. The third kappa shape index (κ3) is 4.41. The van der Waals surface area contributed by atoms with Gasteiger partial charge in [-0.05, 0) is 31.2 Å². The van der Waals surface area contributed by atoms with E-state index in [0.29, 0.717) is 23.3 Å². The molecule has 3 rings (SSSR count). The second-order valence-electron chi connectivity index (χ2n) is 5.50. The van der Waals surface area contributed by atoms with E-state index >= 15 is 0 Å². The zero-order chi connectivity index (χ0) is 16.1. The lowest BCUT2D eigenvalue weighted by Crippen LogP contribution is -2.20. The van der Waals surface area contributed by atoms with Gasteiger partial charge in [-0.15, -0.1) is 0 Å². The smallest absolute Gasteiger partial charge is 0.241 e. The maximum absolute atomic E-state index is 5.99. The number of aromatic nitrogens is 2. The van der Waals surface area contributed by atoms with E-state index in [1.54, 1.807) is 0 Å². The highest BCUT2D eigenvalue weighted by Gasteiger charge is 2.11. The van der Waals surface area contributed by atoms with Crippen LogP contribution in [0.4, 0.5) is 0 Å². The third-order valence-electron chi connectivity index (χ3n) is 3.58. The van der Waals surface area contributed by atoms with Gasteiger partial charge >= 0.3 is 0 Å². The van der Waals surface area contributed by atoms with Crippen molar-refractivity contribution >= 4 is 11.6 Å². The second kappa shape index (κ2) is 7.40. The van der Waals surface area contributed by atoms with Crippen molar-refractivity contribution in [2.24, 2.45) is 0 Å². The van der Waals surface area contributed by atoms with E-state index in [4.69, 9.17) is 16.1 Å².